The lowest BCUT2D eigenvalue weighted by molar-refractivity contribution is -0.152. The number of nitrogens with two attached hydrogens (primary N) is 1. The van der Waals surface area contributed by atoms with Crippen LogP contribution in [0.25, 0.3) is 0 Å². The van der Waals surface area contributed by atoms with Crippen molar-refractivity contribution in [3.63, 3.8) is 0 Å². The number of benzene rings is 1. The third-order valence-electron chi connectivity index (χ3n) is 5.76. The summed E-state index contributed by atoms with van der Waals surface area (Å²) in [6.07, 6.45) is -1.06. The van der Waals surface area contributed by atoms with Crippen LogP contribution in [0.4, 0.5) is 14.4 Å². The number of carbonyl (C=O) groups excluding carboxylic acids is 4. The summed E-state index contributed by atoms with van der Waals surface area (Å²) in [5.41, 5.74) is 6.53. The zero-order valence-corrected chi connectivity index (χ0v) is 25.1. The van der Waals surface area contributed by atoms with Gasteiger partial charge in [0.05, 0.1) is 0 Å². The van der Waals surface area contributed by atoms with E-state index < -0.39 is 36.6 Å². The maximum Gasteiger partial charge on any atom is 0.514 e. The lowest BCUT2D eigenvalue weighted by atomic mass is 10.1. The van der Waals surface area contributed by atoms with Gasteiger partial charge in [-0.3, -0.25) is 4.79 Å². The molecule has 0 spiro atoms. The molecule has 3 unspecified atom stereocenters. The summed E-state index contributed by atoms with van der Waals surface area (Å²) in [6.45, 7) is 12.3. The molecule has 232 valence electrons. The predicted molar refractivity (Wildman–Crippen MR) is 149 cm³/mol. The van der Waals surface area contributed by atoms with Crippen molar-refractivity contribution in [1.82, 2.24) is 0 Å². The van der Waals surface area contributed by atoms with Crippen LogP contribution in [0, 0.1) is 0 Å². The van der Waals surface area contributed by atoms with E-state index in [-0.39, 0.29) is 42.8 Å². The lowest BCUT2D eigenvalue weighted by Gasteiger charge is -2.18. The van der Waals surface area contributed by atoms with Crippen molar-refractivity contribution in [2.45, 2.75) is 117 Å². The molecule has 0 saturated carbocycles. The zero-order chi connectivity index (χ0) is 30.9. The quantitative estimate of drug-likeness (QED) is 0.141. The second-order valence-electron chi connectivity index (χ2n) is 9.88. The minimum absolute atomic E-state index is 0.00161. The van der Waals surface area contributed by atoms with Crippen LogP contribution in [0.1, 0.15) is 86.1 Å². The average Bonchev–Trinajstić information content (AvgIpc) is 2.88. The molecule has 12 nitrogen and oxygen atoms in total. The summed E-state index contributed by atoms with van der Waals surface area (Å²) in [5, 5.41) is 0. The Labute approximate surface area is 242 Å². The first-order valence-corrected chi connectivity index (χ1v) is 14.1. The molecule has 0 saturated heterocycles. The Balaban J connectivity index is 2.90. The Morgan fingerprint density at radius 1 is 0.707 bits per heavy atom. The first-order chi connectivity index (χ1) is 19.4. The highest BCUT2D eigenvalue weighted by atomic mass is 16.8. The van der Waals surface area contributed by atoms with Gasteiger partial charge in [-0.05, 0) is 71.1 Å². The van der Waals surface area contributed by atoms with Crippen LogP contribution in [0.15, 0.2) is 18.2 Å². The fraction of sp³-hybridized carbons (Fsp3) is 0.655. The summed E-state index contributed by atoms with van der Waals surface area (Å²) in [5.74, 6) is -0.923. The number of carbonyl (C=O) groups is 4. The smallest absolute Gasteiger partial charge is 0.458 e. The Kier molecular flexibility index (Phi) is 16.2. The minimum Gasteiger partial charge on any atom is -0.458 e. The summed E-state index contributed by atoms with van der Waals surface area (Å²) >= 11 is 0. The first kappa shape index (κ1) is 35.5. The lowest BCUT2D eigenvalue weighted by Crippen LogP contribution is -2.37. The van der Waals surface area contributed by atoms with E-state index in [1.807, 2.05) is 20.8 Å². The van der Waals surface area contributed by atoms with Crippen LogP contribution in [-0.4, -0.2) is 61.5 Å². The first-order valence-electron chi connectivity index (χ1n) is 14.1. The van der Waals surface area contributed by atoms with Crippen molar-refractivity contribution in [3.05, 3.63) is 23.8 Å². The Morgan fingerprint density at radius 3 is 1.78 bits per heavy atom. The molecule has 1 aromatic rings. The van der Waals surface area contributed by atoms with Crippen molar-refractivity contribution in [2.75, 3.05) is 6.61 Å². The van der Waals surface area contributed by atoms with Crippen LogP contribution >= 0.6 is 0 Å². The Hall–Kier alpha value is -3.54. The van der Waals surface area contributed by atoms with E-state index in [9.17, 15) is 19.2 Å². The number of rotatable bonds is 16. The van der Waals surface area contributed by atoms with Crippen LogP contribution in [-0.2, 0) is 34.9 Å². The van der Waals surface area contributed by atoms with Crippen molar-refractivity contribution >= 4 is 24.4 Å². The molecule has 41 heavy (non-hydrogen) atoms. The Morgan fingerprint density at radius 2 is 1.24 bits per heavy atom. The Bertz CT molecular complexity index is 984. The number of esters is 1. The zero-order valence-electron chi connectivity index (χ0n) is 25.1. The van der Waals surface area contributed by atoms with Gasteiger partial charge in [-0.1, -0.05) is 39.7 Å². The molecule has 0 fully saturated rings. The van der Waals surface area contributed by atoms with E-state index >= 15 is 0 Å². The van der Waals surface area contributed by atoms with E-state index in [1.54, 1.807) is 33.8 Å². The molecule has 0 amide bonds. The van der Waals surface area contributed by atoms with Crippen molar-refractivity contribution in [1.29, 1.82) is 0 Å². The SMILES string of the molecule is CCCC(C)OC(=O)Oc1ccc(C[C@H](N)C(=O)O[C@@H](C)COC(=O)OC(C)CC)cc1OC(=O)OC(C)CCC. The monoisotopic (exact) mass is 583 g/mol. The van der Waals surface area contributed by atoms with Gasteiger partial charge in [-0.2, -0.15) is 0 Å². The normalized spacial score (nSPS) is 14.4. The topological polar surface area (TPSA) is 159 Å². The summed E-state index contributed by atoms with van der Waals surface area (Å²) in [4.78, 5) is 48.9. The molecule has 12 heteroatoms. The van der Waals surface area contributed by atoms with Gasteiger partial charge in [0.25, 0.3) is 0 Å². The second kappa shape index (κ2) is 18.7. The van der Waals surface area contributed by atoms with E-state index in [4.69, 9.17) is 38.9 Å². The van der Waals surface area contributed by atoms with Crippen molar-refractivity contribution in [3.8, 4) is 11.5 Å². The molecule has 2 N–H and O–H groups in total. The minimum atomic E-state index is -1.10. The van der Waals surface area contributed by atoms with E-state index in [0.717, 1.165) is 12.8 Å². The average molecular weight is 584 g/mol. The summed E-state index contributed by atoms with van der Waals surface area (Å²) < 4.78 is 36.3. The molecule has 0 heterocycles. The van der Waals surface area contributed by atoms with Gasteiger partial charge in [-0.25, -0.2) is 14.4 Å². The molecule has 0 aliphatic rings. The van der Waals surface area contributed by atoms with Crippen LogP contribution in [0.3, 0.4) is 0 Å². The summed E-state index contributed by atoms with van der Waals surface area (Å²) in [7, 11) is 0. The van der Waals surface area contributed by atoms with E-state index in [0.29, 0.717) is 24.8 Å². The van der Waals surface area contributed by atoms with Crippen molar-refractivity contribution < 1.29 is 52.3 Å². The van der Waals surface area contributed by atoms with Gasteiger partial charge >= 0.3 is 24.4 Å². The van der Waals surface area contributed by atoms with Crippen LogP contribution in [0.5, 0.6) is 11.5 Å². The fourth-order valence-corrected chi connectivity index (χ4v) is 3.45. The van der Waals surface area contributed by atoms with Gasteiger partial charge < -0.3 is 38.9 Å². The van der Waals surface area contributed by atoms with Crippen LogP contribution in [0.2, 0.25) is 0 Å². The largest absolute Gasteiger partial charge is 0.514 e. The molecule has 5 atom stereocenters. The van der Waals surface area contributed by atoms with Crippen LogP contribution < -0.4 is 15.2 Å². The van der Waals surface area contributed by atoms with E-state index in [1.165, 1.54) is 12.1 Å². The van der Waals surface area contributed by atoms with Gasteiger partial charge in [0, 0.05) is 0 Å². The number of hydrogen-bond acceptors (Lipinski definition) is 12. The highest BCUT2D eigenvalue weighted by Gasteiger charge is 2.23. The second-order valence-corrected chi connectivity index (χ2v) is 9.88. The standard InChI is InChI=1S/C29H45NO11/c1-8-11-19(5)38-28(33)40-24-14-13-22(16-25(24)41-29(34)39-20(6)12-9-2)15-23(30)26(31)36-21(7)17-35-27(32)37-18(4)10-3/h13-14,16,18-21,23H,8-12,15,17,30H2,1-7H3/t18?,19?,20?,21-,23-/m0/s1. The maximum absolute atomic E-state index is 12.5. The molecular weight excluding hydrogens is 538 g/mol. The summed E-state index contributed by atoms with van der Waals surface area (Å²) in [6, 6.07) is 3.27. The third-order valence-corrected chi connectivity index (χ3v) is 5.76. The molecule has 1 aromatic carbocycles. The van der Waals surface area contributed by atoms with Gasteiger partial charge in [-0.15, -0.1) is 0 Å². The molecule has 0 radical (unpaired) electrons. The van der Waals surface area contributed by atoms with Gasteiger partial charge in [0.2, 0.25) is 0 Å². The molecule has 1 rings (SSSR count). The molecule has 0 bridgehead atoms. The predicted octanol–water partition coefficient (Wildman–Crippen LogP) is 5.85. The highest BCUT2D eigenvalue weighted by molar-refractivity contribution is 5.76. The number of ether oxygens (including phenoxy) is 7. The molecule has 0 aliphatic heterocycles. The fourth-order valence-electron chi connectivity index (χ4n) is 3.45. The number of hydrogen-bond donors (Lipinski definition) is 1. The van der Waals surface area contributed by atoms with Gasteiger partial charge in [0.1, 0.15) is 37.1 Å². The van der Waals surface area contributed by atoms with Crippen molar-refractivity contribution in [2.24, 2.45) is 5.73 Å². The maximum atomic E-state index is 12.5. The van der Waals surface area contributed by atoms with E-state index in [2.05, 4.69) is 0 Å². The molecule has 0 aromatic heterocycles. The van der Waals surface area contributed by atoms with Gasteiger partial charge in [0.15, 0.2) is 11.5 Å². The molecule has 0 aliphatic carbocycles. The third kappa shape index (κ3) is 14.6. The highest BCUT2D eigenvalue weighted by Crippen LogP contribution is 2.30. The molecular formula is C29H45NO11.